The van der Waals surface area contributed by atoms with E-state index in [0.29, 0.717) is 6.61 Å². The second kappa shape index (κ2) is 7.32. The molecule has 0 aromatic heterocycles. The molecular weight excluding hydrogens is 270 g/mol. The summed E-state index contributed by atoms with van der Waals surface area (Å²) in [4.78, 5) is 0. The number of nitrogens with one attached hydrogen (secondary N) is 1. The Labute approximate surface area is 125 Å². The van der Waals surface area contributed by atoms with Crippen LogP contribution in [0.25, 0.3) is 0 Å². The van der Waals surface area contributed by atoms with Crippen molar-refractivity contribution < 1.29 is 4.74 Å². The smallest absolute Gasteiger partial charge is 0.124 e. The molecule has 0 fully saturated rings. The van der Waals surface area contributed by atoms with Gasteiger partial charge in [0.1, 0.15) is 5.75 Å². The first kappa shape index (κ1) is 14.9. The highest BCUT2D eigenvalue weighted by Crippen LogP contribution is 2.28. The Morgan fingerprint density at radius 2 is 1.95 bits per heavy atom. The minimum absolute atomic E-state index is 0.205. The van der Waals surface area contributed by atoms with E-state index in [1.54, 1.807) is 0 Å². The third-order valence-electron chi connectivity index (χ3n) is 3.27. The first-order chi connectivity index (χ1) is 9.74. The average molecular weight is 290 g/mol. The van der Waals surface area contributed by atoms with Gasteiger partial charge in [0.25, 0.3) is 0 Å². The Hall–Kier alpha value is -1.51. The first-order valence-electron chi connectivity index (χ1n) is 6.88. The molecule has 20 heavy (non-hydrogen) atoms. The van der Waals surface area contributed by atoms with E-state index >= 15 is 0 Å². The van der Waals surface area contributed by atoms with Crippen molar-refractivity contribution in [3.63, 3.8) is 0 Å². The van der Waals surface area contributed by atoms with E-state index in [1.165, 1.54) is 11.1 Å². The molecule has 106 valence electrons. The minimum Gasteiger partial charge on any atom is -0.494 e. The molecule has 2 aromatic rings. The standard InChI is InChI=1S/C17H20ClNO/c1-3-20-17-10-5-4-9-15(17)16(19-2)12-13-7-6-8-14(18)11-13/h4-11,16,19H,3,12H2,1-2H3. The Morgan fingerprint density at radius 1 is 1.15 bits per heavy atom. The van der Waals surface area contributed by atoms with Gasteiger partial charge in [-0.3, -0.25) is 0 Å². The summed E-state index contributed by atoms with van der Waals surface area (Å²) >= 11 is 6.05. The van der Waals surface area contributed by atoms with E-state index in [0.717, 1.165) is 17.2 Å². The van der Waals surface area contributed by atoms with E-state index in [-0.39, 0.29) is 6.04 Å². The maximum absolute atomic E-state index is 6.05. The summed E-state index contributed by atoms with van der Waals surface area (Å²) in [5.74, 6) is 0.941. The third-order valence-corrected chi connectivity index (χ3v) is 3.51. The van der Waals surface area contributed by atoms with Gasteiger partial charge >= 0.3 is 0 Å². The number of benzene rings is 2. The number of rotatable bonds is 6. The fourth-order valence-corrected chi connectivity index (χ4v) is 2.54. The van der Waals surface area contributed by atoms with E-state index in [1.807, 2.05) is 50.4 Å². The summed E-state index contributed by atoms with van der Waals surface area (Å²) in [5, 5.41) is 4.14. The van der Waals surface area contributed by atoms with Crippen LogP contribution in [0.4, 0.5) is 0 Å². The molecule has 3 heteroatoms. The molecule has 1 unspecified atom stereocenters. The van der Waals surface area contributed by atoms with E-state index in [9.17, 15) is 0 Å². The molecule has 0 spiro atoms. The van der Waals surface area contributed by atoms with Crippen LogP contribution in [0, 0.1) is 0 Å². The van der Waals surface area contributed by atoms with Crippen LogP contribution in [0.1, 0.15) is 24.1 Å². The zero-order chi connectivity index (χ0) is 14.4. The van der Waals surface area contributed by atoms with Gasteiger partial charge in [0, 0.05) is 16.6 Å². The highest BCUT2D eigenvalue weighted by Gasteiger charge is 2.14. The monoisotopic (exact) mass is 289 g/mol. The SMILES string of the molecule is CCOc1ccccc1C(Cc1cccc(Cl)c1)NC. The number of halogens is 1. The zero-order valence-corrected chi connectivity index (χ0v) is 12.7. The quantitative estimate of drug-likeness (QED) is 0.859. The lowest BCUT2D eigenvalue weighted by Gasteiger charge is -2.20. The molecule has 0 saturated carbocycles. The first-order valence-corrected chi connectivity index (χ1v) is 7.25. The normalized spacial score (nSPS) is 12.2. The predicted molar refractivity (Wildman–Crippen MR) is 84.6 cm³/mol. The van der Waals surface area contributed by atoms with Gasteiger partial charge in [0.2, 0.25) is 0 Å². The van der Waals surface area contributed by atoms with Crippen molar-refractivity contribution in [1.82, 2.24) is 5.32 Å². The van der Waals surface area contributed by atoms with Gasteiger partial charge in [0.05, 0.1) is 6.61 Å². The highest BCUT2D eigenvalue weighted by molar-refractivity contribution is 6.30. The van der Waals surface area contributed by atoms with Gasteiger partial charge in [-0.25, -0.2) is 0 Å². The largest absolute Gasteiger partial charge is 0.494 e. The van der Waals surface area contributed by atoms with E-state index < -0.39 is 0 Å². The molecule has 2 nitrogen and oxygen atoms in total. The summed E-state index contributed by atoms with van der Waals surface area (Å²) in [6.07, 6.45) is 0.876. The molecule has 1 atom stereocenters. The second-order valence-corrected chi connectivity index (χ2v) is 5.08. The van der Waals surface area contributed by atoms with Crippen LogP contribution in [0.15, 0.2) is 48.5 Å². The molecule has 0 radical (unpaired) electrons. The summed E-state index contributed by atoms with van der Waals surface area (Å²) < 4.78 is 5.72. The van der Waals surface area contributed by atoms with Crippen molar-refractivity contribution >= 4 is 11.6 Å². The van der Waals surface area contributed by atoms with Gasteiger partial charge in [0.15, 0.2) is 0 Å². The van der Waals surface area contributed by atoms with Crippen LogP contribution >= 0.6 is 11.6 Å². The lowest BCUT2D eigenvalue weighted by Crippen LogP contribution is -2.19. The van der Waals surface area contributed by atoms with Crippen molar-refractivity contribution in [3.8, 4) is 5.75 Å². The maximum atomic E-state index is 6.05. The van der Waals surface area contributed by atoms with Crippen LogP contribution in [0.2, 0.25) is 5.02 Å². The van der Waals surface area contributed by atoms with E-state index in [4.69, 9.17) is 16.3 Å². The van der Waals surface area contributed by atoms with Gasteiger partial charge in [-0.15, -0.1) is 0 Å². The molecule has 2 rings (SSSR count). The number of hydrogen-bond donors (Lipinski definition) is 1. The van der Waals surface area contributed by atoms with Crippen molar-refractivity contribution in [1.29, 1.82) is 0 Å². The molecule has 0 saturated heterocycles. The van der Waals surface area contributed by atoms with Crippen LogP contribution in [0.5, 0.6) is 5.75 Å². The van der Waals surface area contributed by atoms with Crippen molar-refractivity contribution in [2.75, 3.05) is 13.7 Å². The van der Waals surface area contributed by atoms with Crippen molar-refractivity contribution in [2.45, 2.75) is 19.4 Å². The summed E-state index contributed by atoms with van der Waals surface area (Å²) in [6.45, 7) is 2.67. The van der Waals surface area contributed by atoms with Crippen LogP contribution < -0.4 is 10.1 Å². The lowest BCUT2D eigenvalue weighted by molar-refractivity contribution is 0.332. The minimum atomic E-state index is 0.205. The molecule has 1 N–H and O–H groups in total. The zero-order valence-electron chi connectivity index (χ0n) is 11.9. The molecule has 0 amide bonds. The molecule has 0 aliphatic heterocycles. The predicted octanol–water partition coefficient (Wildman–Crippen LogP) is 4.24. The number of para-hydroxylation sites is 1. The summed E-state index contributed by atoms with van der Waals surface area (Å²) in [6, 6.07) is 16.4. The van der Waals surface area contributed by atoms with Crippen molar-refractivity contribution in [2.24, 2.45) is 0 Å². The summed E-state index contributed by atoms with van der Waals surface area (Å²) in [7, 11) is 1.97. The highest BCUT2D eigenvalue weighted by atomic mass is 35.5. The topological polar surface area (TPSA) is 21.3 Å². The molecule has 0 aliphatic carbocycles. The molecule has 2 aromatic carbocycles. The molecule has 0 bridgehead atoms. The van der Waals surface area contributed by atoms with E-state index in [2.05, 4.69) is 17.4 Å². The maximum Gasteiger partial charge on any atom is 0.124 e. The second-order valence-electron chi connectivity index (χ2n) is 4.65. The molecule has 0 aliphatic rings. The Morgan fingerprint density at radius 3 is 2.65 bits per heavy atom. The summed E-state index contributed by atoms with van der Waals surface area (Å²) in [5.41, 5.74) is 2.39. The van der Waals surface area contributed by atoms with Crippen LogP contribution in [-0.2, 0) is 6.42 Å². The third kappa shape index (κ3) is 3.75. The molecule has 0 heterocycles. The number of ether oxygens (including phenoxy) is 1. The van der Waals surface area contributed by atoms with Gasteiger partial charge < -0.3 is 10.1 Å². The van der Waals surface area contributed by atoms with Gasteiger partial charge in [-0.2, -0.15) is 0 Å². The number of hydrogen-bond acceptors (Lipinski definition) is 2. The van der Waals surface area contributed by atoms with Crippen LogP contribution in [-0.4, -0.2) is 13.7 Å². The van der Waals surface area contributed by atoms with Gasteiger partial charge in [-0.1, -0.05) is 41.9 Å². The Bertz CT molecular complexity index is 556. The van der Waals surface area contributed by atoms with Gasteiger partial charge in [-0.05, 0) is 44.2 Å². The molecular formula is C17H20ClNO. The Kier molecular flexibility index (Phi) is 5.45. The van der Waals surface area contributed by atoms with Crippen molar-refractivity contribution in [3.05, 3.63) is 64.7 Å². The van der Waals surface area contributed by atoms with Crippen LogP contribution in [0.3, 0.4) is 0 Å². The lowest BCUT2D eigenvalue weighted by atomic mass is 9.98. The Balaban J connectivity index is 2.24. The average Bonchev–Trinajstić information content (AvgIpc) is 2.46. The number of likely N-dealkylation sites (N-methyl/N-ethyl adjacent to an activating group) is 1. The fraction of sp³-hybridized carbons (Fsp3) is 0.294. The fourth-order valence-electron chi connectivity index (χ4n) is 2.32.